The zero-order chi connectivity index (χ0) is 14.2. The third kappa shape index (κ3) is 3.05. The van der Waals surface area contributed by atoms with Crippen molar-refractivity contribution < 1.29 is 0 Å². The molecule has 2 rings (SSSR count). The molecule has 6 heteroatoms. The van der Waals surface area contributed by atoms with Crippen LogP contribution >= 0.6 is 43.5 Å². The predicted octanol–water partition coefficient (Wildman–Crippen LogP) is 4.69. The summed E-state index contributed by atoms with van der Waals surface area (Å²) < 4.78 is 3.75. The molecule has 1 heterocycles. The average Bonchev–Trinajstić information content (AvgIpc) is 2.73. The number of hydrogen-bond donors (Lipinski definition) is 1. The lowest BCUT2D eigenvalue weighted by molar-refractivity contribution is 0.498. The van der Waals surface area contributed by atoms with Gasteiger partial charge >= 0.3 is 0 Å². The van der Waals surface area contributed by atoms with Crippen LogP contribution in [-0.2, 0) is 0 Å². The van der Waals surface area contributed by atoms with Crippen molar-refractivity contribution in [1.82, 2.24) is 9.78 Å². The highest BCUT2D eigenvalue weighted by Gasteiger charge is 2.21. The molecule has 0 aliphatic carbocycles. The first-order valence-corrected chi connectivity index (χ1v) is 7.81. The topological polar surface area (TPSA) is 43.8 Å². The van der Waals surface area contributed by atoms with Crippen LogP contribution in [0.4, 0.5) is 0 Å². The van der Waals surface area contributed by atoms with E-state index in [0.717, 1.165) is 20.2 Å². The summed E-state index contributed by atoms with van der Waals surface area (Å²) in [4.78, 5) is 0. The highest BCUT2D eigenvalue weighted by Crippen LogP contribution is 2.33. The van der Waals surface area contributed by atoms with Gasteiger partial charge in [-0.2, -0.15) is 5.10 Å². The molecule has 0 aliphatic rings. The third-order valence-electron chi connectivity index (χ3n) is 2.86. The van der Waals surface area contributed by atoms with E-state index in [1.807, 2.05) is 22.9 Å². The summed E-state index contributed by atoms with van der Waals surface area (Å²) in [5.74, 6) is 0. The van der Waals surface area contributed by atoms with Crippen LogP contribution in [0.3, 0.4) is 0 Å². The minimum Gasteiger partial charge on any atom is -0.319 e. The maximum Gasteiger partial charge on any atom is 0.0749 e. The van der Waals surface area contributed by atoms with Crippen molar-refractivity contribution in [3.8, 4) is 0 Å². The zero-order valence-electron chi connectivity index (χ0n) is 10.6. The Hall–Kier alpha value is -0.360. The first-order valence-electron chi connectivity index (χ1n) is 5.85. The lowest BCUT2D eigenvalue weighted by atomic mass is 10.0. The molecule has 0 spiro atoms. The number of halogens is 3. The average molecular weight is 408 g/mol. The summed E-state index contributed by atoms with van der Waals surface area (Å²) in [5, 5.41) is 5.00. The number of benzene rings is 1. The van der Waals surface area contributed by atoms with E-state index in [9.17, 15) is 0 Å². The molecule has 0 saturated carbocycles. The van der Waals surface area contributed by atoms with E-state index < -0.39 is 0 Å². The molecule has 102 valence electrons. The summed E-state index contributed by atoms with van der Waals surface area (Å²) in [7, 11) is 0. The fourth-order valence-electron chi connectivity index (χ4n) is 1.95. The van der Waals surface area contributed by atoms with E-state index >= 15 is 0 Å². The molecular weight excluding hydrogens is 393 g/mol. The van der Waals surface area contributed by atoms with Crippen molar-refractivity contribution in [2.24, 2.45) is 5.73 Å². The zero-order valence-corrected chi connectivity index (χ0v) is 14.5. The second kappa shape index (κ2) is 5.95. The third-order valence-corrected chi connectivity index (χ3v) is 4.31. The van der Waals surface area contributed by atoms with Crippen molar-refractivity contribution >= 4 is 43.5 Å². The Balaban J connectivity index is 2.52. The van der Waals surface area contributed by atoms with E-state index in [1.165, 1.54) is 0 Å². The van der Waals surface area contributed by atoms with Crippen LogP contribution < -0.4 is 5.73 Å². The molecule has 0 bridgehead atoms. The van der Waals surface area contributed by atoms with Crippen LogP contribution in [0.25, 0.3) is 0 Å². The number of nitrogens with zero attached hydrogens (tertiary/aromatic N) is 2. The van der Waals surface area contributed by atoms with Crippen molar-refractivity contribution in [1.29, 1.82) is 0 Å². The smallest absolute Gasteiger partial charge is 0.0749 e. The number of nitrogens with two attached hydrogens (primary N) is 1. The van der Waals surface area contributed by atoms with Crippen LogP contribution in [0.5, 0.6) is 0 Å². The van der Waals surface area contributed by atoms with E-state index in [4.69, 9.17) is 17.3 Å². The second-order valence-electron chi connectivity index (χ2n) is 4.56. The molecule has 1 unspecified atom stereocenters. The quantitative estimate of drug-likeness (QED) is 0.802. The first kappa shape index (κ1) is 15.0. The molecule has 1 atom stereocenters. The molecule has 1 aromatic heterocycles. The molecule has 3 nitrogen and oxygen atoms in total. The molecule has 1 aromatic carbocycles. The van der Waals surface area contributed by atoms with Gasteiger partial charge in [0.1, 0.15) is 0 Å². The van der Waals surface area contributed by atoms with Gasteiger partial charge in [0.15, 0.2) is 0 Å². The summed E-state index contributed by atoms with van der Waals surface area (Å²) in [5.41, 5.74) is 8.17. The predicted molar refractivity (Wildman–Crippen MR) is 85.5 cm³/mol. The van der Waals surface area contributed by atoms with Crippen LogP contribution in [0.1, 0.15) is 37.2 Å². The fraction of sp³-hybridized carbons (Fsp3) is 0.308. The van der Waals surface area contributed by atoms with E-state index in [1.54, 1.807) is 6.20 Å². The highest BCUT2D eigenvalue weighted by molar-refractivity contribution is 9.10. The number of hydrogen-bond acceptors (Lipinski definition) is 2. The van der Waals surface area contributed by atoms with Crippen molar-refractivity contribution in [3.05, 3.63) is 49.6 Å². The molecular formula is C13H14Br2ClN3. The van der Waals surface area contributed by atoms with Gasteiger partial charge in [-0.05, 0) is 53.5 Å². The van der Waals surface area contributed by atoms with Gasteiger partial charge in [-0.3, -0.25) is 4.68 Å². The summed E-state index contributed by atoms with van der Waals surface area (Å²) in [6.45, 7) is 4.14. The number of aromatic nitrogens is 2. The molecule has 2 aromatic rings. The van der Waals surface area contributed by atoms with Gasteiger partial charge in [0.05, 0.1) is 22.4 Å². The largest absolute Gasteiger partial charge is 0.319 e. The van der Waals surface area contributed by atoms with Gasteiger partial charge in [0.2, 0.25) is 0 Å². The standard InChI is InChI=1S/C13H14Br2ClN3/c1-7(2)19-13(10(15)6-18-19)12(17)9-5-8(14)3-4-11(9)16/h3-7,12H,17H2,1-2H3. The fourth-order valence-corrected chi connectivity index (χ4v) is 3.09. The van der Waals surface area contributed by atoms with E-state index in [-0.39, 0.29) is 12.1 Å². The van der Waals surface area contributed by atoms with Crippen LogP contribution in [0.2, 0.25) is 5.02 Å². The Kier molecular flexibility index (Phi) is 4.71. The van der Waals surface area contributed by atoms with Gasteiger partial charge in [0, 0.05) is 15.5 Å². The minimum absolute atomic E-state index is 0.235. The van der Waals surface area contributed by atoms with Crippen LogP contribution in [0.15, 0.2) is 33.3 Å². The molecule has 0 fully saturated rings. The van der Waals surface area contributed by atoms with Gasteiger partial charge in [-0.1, -0.05) is 27.5 Å². The van der Waals surface area contributed by atoms with E-state index in [2.05, 4.69) is 50.8 Å². The monoisotopic (exact) mass is 405 g/mol. The minimum atomic E-state index is -0.329. The van der Waals surface area contributed by atoms with Crippen molar-refractivity contribution in [3.63, 3.8) is 0 Å². The Bertz CT molecular complexity index is 596. The first-order chi connectivity index (χ1) is 8.91. The summed E-state index contributed by atoms with van der Waals surface area (Å²) >= 11 is 13.2. The molecule has 19 heavy (non-hydrogen) atoms. The number of rotatable bonds is 3. The molecule has 2 N–H and O–H groups in total. The summed E-state index contributed by atoms with van der Waals surface area (Å²) in [6, 6.07) is 5.58. The lowest BCUT2D eigenvalue weighted by Gasteiger charge is -2.19. The van der Waals surface area contributed by atoms with Gasteiger partial charge in [-0.25, -0.2) is 0 Å². The Morgan fingerprint density at radius 1 is 1.32 bits per heavy atom. The molecule has 0 saturated heterocycles. The summed E-state index contributed by atoms with van der Waals surface area (Å²) in [6.07, 6.45) is 1.76. The Morgan fingerprint density at radius 3 is 2.63 bits per heavy atom. The van der Waals surface area contributed by atoms with Crippen molar-refractivity contribution in [2.75, 3.05) is 0 Å². The molecule has 0 aliphatic heterocycles. The Labute approximate surface area is 134 Å². The van der Waals surface area contributed by atoms with E-state index in [0.29, 0.717) is 5.02 Å². The van der Waals surface area contributed by atoms with Crippen LogP contribution in [-0.4, -0.2) is 9.78 Å². The maximum atomic E-state index is 6.37. The normalized spacial score (nSPS) is 13.0. The SMILES string of the molecule is CC(C)n1ncc(Br)c1C(N)c1cc(Br)ccc1Cl. The lowest BCUT2D eigenvalue weighted by Crippen LogP contribution is -2.19. The molecule has 0 amide bonds. The maximum absolute atomic E-state index is 6.37. The van der Waals surface area contributed by atoms with Crippen LogP contribution in [0, 0.1) is 0 Å². The molecule has 0 radical (unpaired) electrons. The Morgan fingerprint density at radius 2 is 2.00 bits per heavy atom. The van der Waals surface area contributed by atoms with Gasteiger partial charge < -0.3 is 5.73 Å². The van der Waals surface area contributed by atoms with Crippen molar-refractivity contribution in [2.45, 2.75) is 25.9 Å². The second-order valence-corrected chi connectivity index (χ2v) is 6.74. The highest BCUT2D eigenvalue weighted by atomic mass is 79.9. The van der Waals surface area contributed by atoms with Gasteiger partial charge in [0.25, 0.3) is 0 Å². The van der Waals surface area contributed by atoms with Gasteiger partial charge in [-0.15, -0.1) is 0 Å².